The van der Waals surface area contributed by atoms with Crippen LogP contribution >= 0.6 is 23.2 Å². The number of rotatable bonds is 6. The maximum Gasteiger partial charge on any atom is 0.264 e. The summed E-state index contributed by atoms with van der Waals surface area (Å²) in [7, 11) is -3.97. The summed E-state index contributed by atoms with van der Waals surface area (Å²) in [6.45, 7) is -0.306. The molecule has 1 N–H and O–H groups in total. The second-order valence-electron chi connectivity index (χ2n) is 7.79. The van der Waals surface area contributed by atoms with Crippen molar-refractivity contribution in [3.8, 4) is 0 Å². The van der Waals surface area contributed by atoms with Crippen LogP contribution in [0.3, 0.4) is 0 Å². The van der Waals surface area contributed by atoms with Gasteiger partial charge in [0, 0.05) is 16.1 Å². The molecule has 4 rings (SSSR count). The molecule has 2 aliphatic rings. The number of benzene rings is 2. The average molecular weight is 453 g/mol. The van der Waals surface area contributed by atoms with Gasteiger partial charge in [0.15, 0.2) is 0 Å². The van der Waals surface area contributed by atoms with Crippen LogP contribution in [0.25, 0.3) is 0 Å². The first-order valence-electron chi connectivity index (χ1n) is 9.66. The third-order valence-corrected chi connectivity index (χ3v) is 8.14. The van der Waals surface area contributed by atoms with E-state index in [0.29, 0.717) is 27.6 Å². The zero-order valence-electron chi connectivity index (χ0n) is 15.7. The van der Waals surface area contributed by atoms with Gasteiger partial charge in [-0.25, -0.2) is 8.42 Å². The fourth-order valence-electron chi connectivity index (χ4n) is 4.48. The molecule has 0 aromatic heterocycles. The summed E-state index contributed by atoms with van der Waals surface area (Å²) in [5, 5.41) is 3.89. The van der Waals surface area contributed by atoms with Crippen LogP contribution in [0.2, 0.25) is 10.0 Å². The van der Waals surface area contributed by atoms with E-state index in [1.165, 1.54) is 30.7 Å². The van der Waals surface area contributed by atoms with Gasteiger partial charge in [-0.3, -0.25) is 9.10 Å². The number of fused-ring (bicyclic) bond motifs is 2. The Balaban J connectivity index is 1.60. The zero-order valence-corrected chi connectivity index (χ0v) is 18.1. The minimum Gasteiger partial charge on any atom is -0.352 e. The van der Waals surface area contributed by atoms with Gasteiger partial charge in [-0.2, -0.15) is 0 Å². The van der Waals surface area contributed by atoms with Crippen molar-refractivity contribution in [3.63, 3.8) is 0 Å². The summed E-state index contributed by atoms with van der Waals surface area (Å²) in [5.74, 6) is 0.892. The van der Waals surface area contributed by atoms with E-state index in [1.807, 2.05) is 0 Å². The van der Waals surface area contributed by atoms with E-state index in [4.69, 9.17) is 23.2 Å². The van der Waals surface area contributed by atoms with E-state index in [-0.39, 0.29) is 23.4 Å². The van der Waals surface area contributed by atoms with Crippen molar-refractivity contribution in [1.82, 2.24) is 5.32 Å². The highest BCUT2D eigenvalue weighted by atomic mass is 35.5. The number of nitrogens with zero attached hydrogens (tertiary/aromatic N) is 1. The Kier molecular flexibility index (Phi) is 5.78. The molecule has 0 heterocycles. The molecule has 2 aromatic rings. The number of hydrogen-bond donors (Lipinski definition) is 1. The number of halogens is 2. The SMILES string of the molecule is O=C(CN(c1cccc(Cl)c1)S(=O)(=O)c1ccc(Cl)cc1)N[C@H]1C[C@@H]2CC[C@@H]1C2. The van der Waals surface area contributed by atoms with Crippen LogP contribution in [0.4, 0.5) is 5.69 Å². The number of sulfonamides is 1. The van der Waals surface area contributed by atoms with E-state index in [1.54, 1.807) is 24.3 Å². The second-order valence-corrected chi connectivity index (χ2v) is 10.5. The van der Waals surface area contributed by atoms with Gasteiger partial charge in [-0.15, -0.1) is 0 Å². The monoisotopic (exact) mass is 452 g/mol. The molecular formula is C21H22Cl2N2O3S. The molecule has 154 valence electrons. The van der Waals surface area contributed by atoms with E-state index in [2.05, 4.69) is 5.32 Å². The molecule has 29 heavy (non-hydrogen) atoms. The molecule has 2 fully saturated rings. The topological polar surface area (TPSA) is 66.5 Å². The lowest BCUT2D eigenvalue weighted by molar-refractivity contribution is -0.120. The van der Waals surface area contributed by atoms with Gasteiger partial charge in [-0.1, -0.05) is 35.7 Å². The predicted octanol–water partition coefficient (Wildman–Crippen LogP) is 4.49. The first-order chi connectivity index (χ1) is 13.8. The summed E-state index contributed by atoms with van der Waals surface area (Å²) in [4.78, 5) is 12.9. The smallest absolute Gasteiger partial charge is 0.264 e. The summed E-state index contributed by atoms with van der Waals surface area (Å²) in [6, 6.07) is 12.5. The van der Waals surface area contributed by atoms with E-state index in [0.717, 1.165) is 23.6 Å². The highest BCUT2D eigenvalue weighted by Gasteiger charge is 2.40. The molecular weight excluding hydrogens is 431 g/mol. The highest BCUT2D eigenvalue weighted by molar-refractivity contribution is 7.92. The molecule has 3 atom stereocenters. The Morgan fingerprint density at radius 1 is 1.03 bits per heavy atom. The predicted molar refractivity (Wildman–Crippen MR) is 115 cm³/mol. The Morgan fingerprint density at radius 3 is 2.41 bits per heavy atom. The number of carbonyl (C=O) groups is 1. The van der Waals surface area contributed by atoms with Crippen LogP contribution in [0, 0.1) is 11.8 Å². The lowest BCUT2D eigenvalue weighted by Gasteiger charge is -2.27. The maximum atomic E-state index is 13.3. The fraction of sp³-hybridized carbons (Fsp3) is 0.381. The molecule has 2 aliphatic carbocycles. The van der Waals surface area contributed by atoms with E-state index < -0.39 is 10.0 Å². The quantitative estimate of drug-likeness (QED) is 0.701. The van der Waals surface area contributed by atoms with Crippen molar-refractivity contribution in [2.75, 3.05) is 10.8 Å². The van der Waals surface area contributed by atoms with Gasteiger partial charge < -0.3 is 5.32 Å². The largest absolute Gasteiger partial charge is 0.352 e. The third kappa shape index (κ3) is 4.39. The van der Waals surface area contributed by atoms with Gasteiger partial charge in [0.05, 0.1) is 10.6 Å². The molecule has 0 radical (unpaired) electrons. The molecule has 2 bridgehead atoms. The molecule has 0 spiro atoms. The number of amides is 1. The summed E-state index contributed by atoms with van der Waals surface area (Å²) >= 11 is 12.0. The van der Waals surface area contributed by atoms with Crippen molar-refractivity contribution in [3.05, 3.63) is 58.6 Å². The van der Waals surface area contributed by atoms with Crippen LogP contribution < -0.4 is 9.62 Å². The number of hydrogen-bond acceptors (Lipinski definition) is 3. The summed E-state index contributed by atoms with van der Waals surface area (Å²) < 4.78 is 27.7. The molecule has 8 heteroatoms. The Hall–Kier alpha value is -1.76. The fourth-order valence-corrected chi connectivity index (χ4v) is 6.21. The standard InChI is InChI=1S/C21H22Cl2N2O3S/c22-16-6-8-19(9-7-16)29(27,28)25(18-3-1-2-17(23)12-18)13-21(26)24-20-11-14-4-5-15(20)10-14/h1-3,6-9,12,14-15,20H,4-5,10-11,13H2,(H,24,26)/t14-,15-,20+/m1/s1. The van der Waals surface area contributed by atoms with Gasteiger partial charge in [-0.05, 0) is 73.6 Å². The normalized spacial score (nSPS) is 23.2. The van der Waals surface area contributed by atoms with Gasteiger partial charge in [0.1, 0.15) is 6.54 Å². The third-order valence-electron chi connectivity index (χ3n) is 5.87. The van der Waals surface area contributed by atoms with Crippen LogP contribution in [-0.2, 0) is 14.8 Å². The Labute approximate surface area is 181 Å². The number of carbonyl (C=O) groups excluding carboxylic acids is 1. The van der Waals surface area contributed by atoms with Crippen molar-refractivity contribution in [2.24, 2.45) is 11.8 Å². The molecule has 0 saturated heterocycles. The molecule has 2 aromatic carbocycles. The van der Waals surface area contributed by atoms with Crippen LogP contribution in [0.5, 0.6) is 0 Å². The van der Waals surface area contributed by atoms with Crippen molar-refractivity contribution in [1.29, 1.82) is 0 Å². The summed E-state index contributed by atoms with van der Waals surface area (Å²) in [5.41, 5.74) is 0.343. The van der Waals surface area contributed by atoms with Gasteiger partial charge in [0.2, 0.25) is 5.91 Å². The van der Waals surface area contributed by atoms with Crippen LogP contribution in [0.1, 0.15) is 25.7 Å². The first-order valence-corrected chi connectivity index (χ1v) is 11.9. The van der Waals surface area contributed by atoms with Crippen LogP contribution in [0.15, 0.2) is 53.4 Å². The van der Waals surface area contributed by atoms with Crippen molar-refractivity contribution >= 4 is 44.8 Å². The lowest BCUT2D eigenvalue weighted by atomic mass is 9.95. The molecule has 0 aliphatic heterocycles. The van der Waals surface area contributed by atoms with Crippen molar-refractivity contribution in [2.45, 2.75) is 36.6 Å². The Morgan fingerprint density at radius 2 is 1.79 bits per heavy atom. The zero-order chi connectivity index (χ0) is 20.6. The first kappa shape index (κ1) is 20.5. The molecule has 5 nitrogen and oxygen atoms in total. The molecule has 0 unspecified atom stereocenters. The van der Waals surface area contributed by atoms with Gasteiger partial charge in [0.25, 0.3) is 10.0 Å². The second kappa shape index (κ2) is 8.17. The van der Waals surface area contributed by atoms with E-state index >= 15 is 0 Å². The van der Waals surface area contributed by atoms with Gasteiger partial charge >= 0.3 is 0 Å². The number of anilines is 1. The molecule has 2 saturated carbocycles. The Bertz CT molecular complexity index is 1010. The molecule has 1 amide bonds. The maximum absolute atomic E-state index is 13.3. The summed E-state index contributed by atoms with van der Waals surface area (Å²) in [6.07, 6.45) is 4.51. The minimum absolute atomic E-state index is 0.0644. The minimum atomic E-state index is -3.97. The van der Waals surface area contributed by atoms with Crippen molar-refractivity contribution < 1.29 is 13.2 Å². The highest BCUT2D eigenvalue weighted by Crippen LogP contribution is 2.44. The average Bonchev–Trinajstić information content (AvgIpc) is 3.29. The lowest BCUT2D eigenvalue weighted by Crippen LogP contribution is -2.46. The van der Waals surface area contributed by atoms with E-state index in [9.17, 15) is 13.2 Å². The van der Waals surface area contributed by atoms with Crippen LogP contribution in [-0.4, -0.2) is 26.9 Å². The number of nitrogens with one attached hydrogen (secondary N) is 1.